The van der Waals surface area contributed by atoms with Crippen LogP contribution in [0.4, 0.5) is 0 Å². The molecule has 0 spiro atoms. The third-order valence-electron chi connectivity index (χ3n) is 1.29. The third-order valence-corrected chi connectivity index (χ3v) is 1.29. The summed E-state index contributed by atoms with van der Waals surface area (Å²) in [6.07, 6.45) is 0. The Morgan fingerprint density at radius 2 is 2.30 bits per heavy atom. The topological polar surface area (TPSA) is 67.2 Å². The normalized spacial score (nSPS) is 12.7. The van der Waals surface area contributed by atoms with Crippen LogP contribution in [0.1, 0.15) is 13.8 Å². The average Bonchev–Trinajstić information content (AvgIpc) is 1.98. The SMILES string of the molecule is CCNCC(C)C(=O)NN. The van der Waals surface area contributed by atoms with Gasteiger partial charge >= 0.3 is 0 Å². The van der Waals surface area contributed by atoms with Crippen LogP contribution in [0.5, 0.6) is 0 Å². The van der Waals surface area contributed by atoms with Crippen molar-refractivity contribution in [2.45, 2.75) is 13.8 Å². The van der Waals surface area contributed by atoms with E-state index in [1.54, 1.807) is 0 Å². The van der Waals surface area contributed by atoms with E-state index >= 15 is 0 Å². The number of hydrogen-bond acceptors (Lipinski definition) is 3. The number of amides is 1. The predicted molar refractivity (Wildman–Crippen MR) is 40.0 cm³/mol. The molecule has 0 rings (SSSR count). The van der Waals surface area contributed by atoms with Gasteiger partial charge < -0.3 is 5.32 Å². The summed E-state index contributed by atoms with van der Waals surface area (Å²) in [6.45, 7) is 5.37. The van der Waals surface area contributed by atoms with Crippen molar-refractivity contribution >= 4 is 5.91 Å². The number of rotatable bonds is 4. The highest BCUT2D eigenvalue weighted by Crippen LogP contribution is 1.89. The first-order chi connectivity index (χ1) is 4.72. The maximum atomic E-state index is 10.7. The fourth-order valence-corrected chi connectivity index (χ4v) is 0.596. The standard InChI is InChI=1S/C6H15N3O/c1-3-8-4-5(2)6(10)9-7/h5,8H,3-4,7H2,1-2H3,(H,9,10). The van der Waals surface area contributed by atoms with Crippen LogP contribution >= 0.6 is 0 Å². The van der Waals surface area contributed by atoms with Gasteiger partial charge in [0.05, 0.1) is 0 Å². The lowest BCUT2D eigenvalue weighted by Gasteiger charge is -2.08. The average molecular weight is 145 g/mol. The number of hydrazine groups is 1. The highest BCUT2D eigenvalue weighted by Gasteiger charge is 2.08. The molecule has 0 aliphatic carbocycles. The van der Waals surface area contributed by atoms with Crippen molar-refractivity contribution < 1.29 is 4.79 Å². The van der Waals surface area contributed by atoms with Crippen molar-refractivity contribution in [1.82, 2.24) is 10.7 Å². The number of carbonyl (C=O) groups is 1. The molecule has 0 saturated carbocycles. The lowest BCUT2D eigenvalue weighted by Crippen LogP contribution is -2.38. The molecule has 4 nitrogen and oxygen atoms in total. The van der Waals surface area contributed by atoms with Gasteiger partial charge in [0.15, 0.2) is 0 Å². The Morgan fingerprint density at radius 1 is 1.70 bits per heavy atom. The van der Waals surface area contributed by atoms with Crippen molar-refractivity contribution in [2.24, 2.45) is 11.8 Å². The first kappa shape index (κ1) is 9.39. The maximum absolute atomic E-state index is 10.7. The maximum Gasteiger partial charge on any atom is 0.237 e. The molecule has 1 amide bonds. The molecule has 0 fully saturated rings. The summed E-state index contributed by atoms with van der Waals surface area (Å²) in [4.78, 5) is 10.7. The van der Waals surface area contributed by atoms with Crippen LogP contribution in [0.25, 0.3) is 0 Å². The van der Waals surface area contributed by atoms with E-state index in [2.05, 4.69) is 10.7 Å². The van der Waals surface area contributed by atoms with Crippen LogP contribution in [0.3, 0.4) is 0 Å². The van der Waals surface area contributed by atoms with Gasteiger partial charge in [0, 0.05) is 12.5 Å². The molecule has 4 heteroatoms. The van der Waals surface area contributed by atoms with Crippen molar-refractivity contribution in [2.75, 3.05) is 13.1 Å². The first-order valence-electron chi connectivity index (χ1n) is 3.43. The molecule has 0 heterocycles. The predicted octanol–water partition coefficient (Wildman–Crippen LogP) is -0.778. The summed E-state index contributed by atoms with van der Waals surface area (Å²) >= 11 is 0. The molecule has 10 heavy (non-hydrogen) atoms. The summed E-state index contributed by atoms with van der Waals surface area (Å²) in [5.41, 5.74) is 2.09. The van der Waals surface area contributed by atoms with Gasteiger partial charge in [-0.3, -0.25) is 10.2 Å². The minimum absolute atomic E-state index is 0.0510. The fraction of sp³-hybridized carbons (Fsp3) is 0.833. The molecular weight excluding hydrogens is 130 g/mol. The molecule has 0 aliphatic heterocycles. The molecule has 0 aromatic carbocycles. The van der Waals surface area contributed by atoms with Gasteiger partial charge in [-0.05, 0) is 6.54 Å². The second-order valence-corrected chi connectivity index (χ2v) is 2.22. The molecule has 1 atom stereocenters. The van der Waals surface area contributed by atoms with Gasteiger partial charge in [0.25, 0.3) is 0 Å². The van der Waals surface area contributed by atoms with Crippen LogP contribution in [0.2, 0.25) is 0 Å². The Bertz CT molecular complexity index is 105. The molecule has 0 aromatic heterocycles. The van der Waals surface area contributed by atoms with Gasteiger partial charge in [-0.15, -0.1) is 0 Å². The van der Waals surface area contributed by atoms with Crippen LogP contribution < -0.4 is 16.6 Å². The van der Waals surface area contributed by atoms with Crippen molar-refractivity contribution in [3.63, 3.8) is 0 Å². The summed E-state index contributed by atoms with van der Waals surface area (Å²) in [5.74, 6) is 4.74. The molecule has 0 aliphatic rings. The van der Waals surface area contributed by atoms with Gasteiger partial charge in [0.1, 0.15) is 0 Å². The smallest absolute Gasteiger partial charge is 0.237 e. The Kier molecular flexibility index (Phi) is 4.88. The first-order valence-corrected chi connectivity index (χ1v) is 3.43. The van der Waals surface area contributed by atoms with Gasteiger partial charge in [0.2, 0.25) is 5.91 Å². The van der Waals surface area contributed by atoms with Crippen molar-refractivity contribution in [1.29, 1.82) is 0 Å². The van der Waals surface area contributed by atoms with Crippen molar-refractivity contribution in [3.8, 4) is 0 Å². The molecule has 0 aromatic rings. The van der Waals surface area contributed by atoms with Gasteiger partial charge in [-0.2, -0.15) is 0 Å². The largest absolute Gasteiger partial charge is 0.316 e. The molecule has 60 valence electrons. The minimum atomic E-state index is -0.124. The zero-order valence-electron chi connectivity index (χ0n) is 6.48. The van der Waals surface area contributed by atoms with E-state index in [1.165, 1.54) is 0 Å². The Morgan fingerprint density at radius 3 is 2.70 bits per heavy atom. The Hall–Kier alpha value is -0.610. The van der Waals surface area contributed by atoms with E-state index in [1.807, 2.05) is 13.8 Å². The minimum Gasteiger partial charge on any atom is -0.316 e. The summed E-state index contributed by atoms with van der Waals surface area (Å²) in [6, 6.07) is 0. The monoisotopic (exact) mass is 145 g/mol. The summed E-state index contributed by atoms with van der Waals surface area (Å²) < 4.78 is 0. The molecule has 4 N–H and O–H groups in total. The highest BCUT2D eigenvalue weighted by atomic mass is 16.2. The molecule has 0 saturated heterocycles. The number of carbonyl (C=O) groups excluding carboxylic acids is 1. The van der Waals surface area contributed by atoms with Crippen LogP contribution in [0, 0.1) is 5.92 Å². The molecule has 0 bridgehead atoms. The van der Waals surface area contributed by atoms with E-state index < -0.39 is 0 Å². The zero-order valence-corrected chi connectivity index (χ0v) is 6.48. The van der Waals surface area contributed by atoms with E-state index in [0.29, 0.717) is 6.54 Å². The van der Waals surface area contributed by atoms with Crippen LogP contribution in [-0.2, 0) is 4.79 Å². The summed E-state index contributed by atoms with van der Waals surface area (Å²) in [7, 11) is 0. The quantitative estimate of drug-likeness (QED) is 0.276. The molecular formula is C6H15N3O. The van der Waals surface area contributed by atoms with E-state index in [0.717, 1.165) is 6.54 Å². The van der Waals surface area contributed by atoms with Crippen molar-refractivity contribution in [3.05, 3.63) is 0 Å². The van der Waals surface area contributed by atoms with Gasteiger partial charge in [-0.25, -0.2) is 5.84 Å². The van der Waals surface area contributed by atoms with E-state index in [9.17, 15) is 4.79 Å². The second-order valence-electron chi connectivity index (χ2n) is 2.22. The summed E-state index contributed by atoms with van der Waals surface area (Å²) in [5, 5.41) is 3.05. The number of nitrogens with two attached hydrogens (primary N) is 1. The van der Waals surface area contributed by atoms with Gasteiger partial charge in [-0.1, -0.05) is 13.8 Å². The molecule has 1 unspecified atom stereocenters. The van der Waals surface area contributed by atoms with E-state index in [-0.39, 0.29) is 11.8 Å². The Labute approximate surface area is 61.1 Å². The highest BCUT2D eigenvalue weighted by molar-refractivity contribution is 5.77. The second kappa shape index (κ2) is 5.20. The number of hydrogen-bond donors (Lipinski definition) is 3. The Balaban J connectivity index is 3.41. The van der Waals surface area contributed by atoms with E-state index in [4.69, 9.17) is 5.84 Å². The zero-order chi connectivity index (χ0) is 7.98. The van der Waals surface area contributed by atoms with Crippen LogP contribution in [0.15, 0.2) is 0 Å². The van der Waals surface area contributed by atoms with Crippen LogP contribution in [-0.4, -0.2) is 19.0 Å². The lowest BCUT2D eigenvalue weighted by atomic mass is 10.2. The molecule has 0 radical (unpaired) electrons. The third kappa shape index (κ3) is 3.42. The fourth-order valence-electron chi connectivity index (χ4n) is 0.596. The lowest BCUT2D eigenvalue weighted by molar-refractivity contribution is -0.124. The number of nitrogens with one attached hydrogen (secondary N) is 2.